The Morgan fingerprint density at radius 1 is 1.07 bits per heavy atom. The van der Waals surface area contributed by atoms with Gasteiger partial charge in [-0.2, -0.15) is 0 Å². The van der Waals surface area contributed by atoms with E-state index < -0.39 is 13.0 Å². The third-order valence-corrected chi connectivity index (χ3v) is 8.93. The van der Waals surface area contributed by atoms with Gasteiger partial charge < -0.3 is 14.8 Å². The van der Waals surface area contributed by atoms with Crippen molar-refractivity contribution in [2.24, 2.45) is 17.8 Å². The lowest BCUT2D eigenvalue weighted by Gasteiger charge is -2.42. The number of benzene rings is 2. The van der Waals surface area contributed by atoms with Crippen molar-refractivity contribution in [1.29, 1.82) is 0 Å². The Balaban J connectivity index is 1.33. The van der Waals surface area contributed by atoms with Crippen LogP contribution in [0.4, 0.5) is 0 Å². The number of aromatic nitrogens is 1. The molecular formula is C33H35BN2O5. The topological polar surface area (TPSA) is 100.0 Å². The van der Waals surface area contributed by atoms with Crippen molar-refractivity contribution < 1.29 is 24.4 Å². The van der Waals surface area contributed by atoms with Gasteiger partial charge in [-0.15, -0.1) is 0 Å². The number of likely N-dealkylation sites (tertiary alicyclic amines) is 1. The monoisotopic (exact) mass is 550 g/mol. The normalized spacial score (nSPS) is 24.7. The van der Waals surface area contributed by atoms with E-state index in [0.29, 0.717) is 32.1 Å². The van der Waals surface area contributed by atoms with Gasteiger partial charge >= 0.3 is 7.12 Å². The van der Waals surface area contributed by atoms with Gasteiger partial charge in [0.1, 0.15) is 5.75 Å². The summed E-state index contributed by atoms with van der Waals surface area (Å²) in [7, 11) is -0.994. The molecule has 3 heterocycles. The number of fused-ring (bicyclic) bond motifs is 4. The second kappa shape index (κ2) is 11.3. The first-order valence-electron chi connectivity index (χ1n) is 14.6. The molecule has 2 aromatic carbocycles. The van der Waals surface area contributed by atoms with E-state index in [1.165, 1.54) is 4.90 Å². The Kier molecular flexibility index (Phi) is 7.53. The number of phenols is 1. The van der Waals surface area contributed by atoms with Crippen molar-refractivity contribution in [3.05, 3.63) is 83.2 Å². The van der Waals surface area contributed by atoms with Crippen molar-refractivity contribution in [2.75, 3.05) is 6.54 Å². The summed E-state index contributed by atoms with van der Waals surface area (Å²) in [6, 6.07) is 17.2. The highest BCUT2D eigenvalue weighted by molar-refractivity contribution is 6.43. The Bertz CT molecular complexity index is 1550. The molecule has 3 aliphatic rings. The van der Waals surface area contributed by atoms with E-state index in [2.05, 4.69) is 11.1 Å². The molecule has 2 saturated heterocycles. The van der Waals surface area contributed by atoms with Crippen LogP contribution in [0.15, 0.2) is 71.9 Å². The van der Waals surface area contributed by atoms with Gasteiger partial charge in [-0.05, 0) is 91.2 Å². The largest absolute Gasteiger partial charge is 0.507 e. The van der Waals surface area contributed by atoms with Crippen molar-refractivity contribution in [3.8, 4) is 5.75 Å². The van der Waals surface area contributed by atoms with E-state index in [0.717, 1.165) is 45.2 Å². The summed E-state index contributed by atoms with van der Waals surface area (Å²) in [4.78, 5) is 32.6. The molecule has 0 bridgehead atoms. The number of amides is 2. The van der Waals surface area contributed by atoms with Crippen molar-refractivity contribution in [1.82, 2.24) is 9.88 Å². The van der Waals surface area contributed by atoms with Crippen LogP contribution in [0.25, 0.3) is 22.4 Å². The van der Waals surface area contributed by atoms with Gasteiger partial charge in [0.2, 0.25) is 11.8 Å². The van der Waals surface area contributed by atoms with Gasteiger partial charge in [-0.1, -0.05) is 48.9 Å². The highest BCUT2D eigenvalue weighted by atomic mass is 16.5. The smallest absolute Gasteiger partial charge is 0.455 e. The second-order valence-corrected chi connectivity index (χ2v) is 11.5. The lowest BCUT2D eigenvalue weighted by Crippen LogP contribution is -2.46. The third-order valence-electron chi connectivity index (χ3n) is 8.93. The van der Waals surface area contributed by atoms with Crippen LogP contribution >= 0.6 is 0 Å². The molecule has 3 aromatic rings. The summed E-state index contributed by atoms with van der Waals surface area (Å²) >= 11 is 0. The number of nitrogens with zero attached hydrogens (tertiary/aromatic N) is 2. The molecule has 41 heavy (non-hydrogen) atoms. The number of rotatable bonds is 7. The first-order valence-corrected chi connectivity index (χ1v) is 14.6. The quantitative estimate of drug-likeness (QED) is 0.229. The Morgan fingerprint density at radius 2 is 1.85 bits per heavy atom. The van der Waals surface area contributed by atoms with Crippen LogP contribution in [0, 0.1) is 17.8 Å². The maximum atomic E-state index is 13.4. The number of phenolic OH excluding ortho intramolecular Hbond substituents is 1. The first kappa shape index (κ1) is 27.4. The van der Waals surface area contributed by atoms with Crippen LogP contribution in [0.5, 0.6) is 5.75 Å². The Morgan fingerprint density at radius 3 is 2.61 bits per heavy atom. The van der Waals surface area contributed by atoms with Gasteiger partial charge in [0.05, 0.1) is 23.6 Å². The SMILES string of the molecule is CCCN1C(=O)[C@@H]2[C@@H](CC(C)=C3[C@@H](CC/C(=C/c4ccc(O)c5ccccc45)c4ccccn4)OB(O)C[C@@H]32)C1=O. The summed E-state index contributed by atoms with van der Waals surface area (Å²) < 4.78 is 6.14. The van der Waals surface area contributed by atoms with Crippen LogP contribution in [0.2, 0.25) is 6.32 Å². The molecule has 6 rings (SSSR count). The molecule has 210 valence electrons. The van der Waals surface area contributed by atoms with Crippen LogP contribution in [-0.2, 0) is 14.2 Å². The predicted octanol–water partition coefficient (Wildman–Crippen LogP) is 5.49. The molecule has 2 fully saturated rings. The number of hydrogen-bond donors (Lipinski definition) is 2. The zero-order valence-electron chi connectivity index (χ0n) is 23.5. The van der Waals surface area contributed by atoms with E-state index >= 15 is 0 Å². The molecule has 8 heteroatoms. The number of aromatic hydroxyl groups is 1. The minimum atomic E-state index is -0.994. The molecule has 1 aliphatic carbocycles. The fourth-order valence-electron chi connectivity index (χ4n) is 7.16. The summed E-state index contributed by atoms with van der Waals surface area (Å²) in [5, 5.41) is 22.9. The average Bonchev–Trinajstić information content (AvgIpc) is 3.21. The summed E-state index contributed by atoms with van der Waals surface area (Å²) in [6.45, 7) is 4.46. The molecule has 2 amide bonds. The van der Waals surface area contributed by atoms with Crippen LogP contribution in [-0.4, -0.2) is 51.6 Å². The van der Waals surface area contributed by atoms with Gasteiger partial charge in [0.15, 0.2) is 0 Å². The summed E-state index contributed by atoms with van der Waals surface area (Å²) in [6.07, 6.45) is 6.34. The number of hydrogen-bond acceptors (Lipinski definition) is 6. The van der Waals surface area contributed by atoms with Gasteiger partial charge in [-0.25, -0.2) is 0 Å². The van der Waals surface area contributed by atoms with Crippen molar-refractivity contribution >= 4 is 41.4 Å². The molecular weight excluding hydrogens is 515 g/mol. The van der Waals surface area contributed by atoms with Crippen LogP contribution in [0.3, 0.4) is 0 Å². The number of carbonyl (C=O) groups excluding carboxylic acids is 2. The lowest BCUT2D eigenvalue weighted by atomic mass is 9.58. The van der Waals surface area contributed by atoms with Crippen molar-refractivity contribution in [2.45, 2.75) is 52.0 Å². The highest BCUT2D eigenvalue weighted by Crippen LogP contribution is 2.50. The van der Waals surface area contributed by atoms with Crippen LogP contribution < -0.4 is 0 Å². The maximum absolute atomic E-state index is 13.4. The fourth-order valence-corrected chi connectivity index (χ4v) is 7.16. The van der Waals surface area contributed by atoms with E-state index in [-0.39, 0.29) is 35.5 Å². The third kappa shape index (κ3) is 5.00. The fraction of sp³-hybridized carbons (Fsp3) is 0.364. The number of allylic oxidation sites excluding steroid dienone is 2. The summed E-state index contributed by atoms with van der Waals surface area (Å²) in [5.41, 5.74) is 5.00. The van der Waals surface area contributed by atoms with E-state index in [9.17, 15) is 19.7 Å². The lowest BCUT2D eigenvalue weighted by molar-refractivity contribution is -0.140. The maximum Gasteiger partial charge on any atom is 0.455 e. The van der Waals surface area contributed by atoms with Gasteiger partial charge in [0.25, 0.3) is 0 Å². The Labute approximate surface area is 240 Å². The molecule has 2 aliphatic heterocycles. The van der Waals surface area contributed by atoms with Crippen molar-refractivity contribution in [3.63, 3.8) is 0 Å². The van der Waals surface area contributed by atoms with E-state index in [1.54, 1.807) is 12.3 Å². The molecule has 4 atom stereocenters. The number of imide groups is 1. The minimum Gasteiger partial charge on any atom is -0.507 e. The first-order chi connectivity index (χ1) is 19.9. The molecule has 0 unspecified atom stereocenters. The predicted molar refractivity (Wildman–Crippen MR) is 159 cm³/mol. The zero-order valence-corrected chi connectivity index (χ0v) is 23.5. The molecule has 2 N–H and O–H groups in total. The Hall–Kier alpha value is -3.75. The highest BCUT2D eigenvalue weighted by Gasteiger charge is 2.56. The molecule has 7 nitrogen and oxygen atoms in total. The zero-order chi connectivity index (χ0) is 28.7. The van der Waals surface area contributed by atoms with E-state index in [1.807, 2.05) is 62.4 Å². The second-order valence-electron chi connectivity index (χ2n) is 11.5. The van der Waals surface area contributed by atoms with Gasteiger partial charge in [-0.3, -0.25) is 19.5 Å². The van der Waals surface area contributed by atoms with Crippen LogP contribution in [0.1, 0.15) is 50.8 Å². The molecule has 0 spiro atoms. The molecule has 1 aromatic heterocycles. The number of carbonyl (C=O) groups is 2. The van der Waals surface area contributed by atoms with Gasteiger partial charge in [0, 0.05) is 18.1 Å². The standard InChI is InChI=1S/C33H35BN2O5/c1-3-16-36-32(38)25-17-20(2)30-26(31(25)33(36)39)19-34(40)41-29(30)14-12-22(27-10-6-7-15-35-27)18-21-11-13-28(37)24-9-5-4-8-23(21)24/h4-11,13,15,18,25-26,29,31,37,40H,3,12,14,16-17,19H2,1-2H3/b22-18-/t25-,26+,29-,31-/m1/s1. The number of pyridine rings is 1. The summed E-state index contributed by atoms with van der Waals surface area (Å²) in [5.74, 6) is -0.909. The average molecular weight is 550 g/mol. The minimum absolute atomic E-state index is 0.0701. The van der Waals surface area contributed by atoms with E-state index in [4.69, 9.17) is 4.65 Å². The molecule has 0 saturated carbocycles. The molecule has 0 radical (unpaired) electrons.